The molecule has 1 aliphatic rings. The zero-order valence-electron chi connectivity index (χ0n) is 24.2. The molecule has 1 aliphatic heterocycles. The number of allylic oxidation sites excluding steroid dienone is 1. The molecular formula is C32H27Br2ClN2O6S. The highest BCUT2D eigenvalue weighted by Gasteiger charge is 2.35. The Balaban J connectivity index is 1.58. The van der Waals surface area contributed by atoms with Crippen LogP contribution in [0.2, 0.25) is 5.02 Å². The van der Waals surface area contributed by atoms with Crippen LogP contribution in [0.15, 0.2) is 84.6 Å². The van der Waals surface area contributed by atoms with E-state index in [0.717, 1.165) is 15.6 Å². The molecule has 0 bridgehead atoms. The predicted octanol–water partition coefficient (Wildman–Crippen LogP) is 6.57. The molecule has 0 aliphatic carbocycles. The third-order valence-electron chi connectivity index (χ3n) is 6.91. The van der Waals surface area contributed by atoms with Gasteiger partial charge in [-0.1, -0.05) is 63.1 Å². The Labute approximate surface area is 279 Å². The summed E-state index contributed by atoms with van der Waals surface area (Å²) in [7, 11) is 3.07. The Hall–Kier alpha value is -3.38. The summed E-state index contributed by atoms with van der Waals surface area (Å²) in [5.41, 5.74) is 2.70. The number of nitrogens with zero attached hydrogens (tertiary/aromatic N) is 2. The van der Waals surface area contributed by atoms with Gasteiger partial charge in [-0.3, -0.25) is 9.36 Å². The maximum atomic E-state index is 14.1. The third-order valence-corrected chi connectivity index (χ3v) is 9.57. The van der Waals surface area contributed by atoms with Gasteiger partial charge < -0.3 is 18.9 Å². The SMILES string of the molecule is CCOC(=O)C1=C(C)N=c2s/c(=C\c3ccc(OCc4ccccc4Cl)c(Br)c3)c(=O)n2[C@H]1c1cc(OC)c(OC)cc1Br. The Morgan fingerprint density at radius 3 is 2.45 bits per heavy atom. The molecule has 44 heavy (non-hydrogen) atoms. The van der Waals surface area contributed by atoms with Crippen LogP contribution < -0.4 is 29.1 Å². The summed E-state index contributed by atoms with van der Waals surface area (Å²) in [4.78, 5) is 32.4. The minimum atomic E-state index is -0.825. The van der Waals surface area contributed by atoms with Crippen LogP contribution in [0.25, 0.3) is 6.08 Å². The molecule has 0 fully saturated rings. The van der Waals surface area contributed by atoms with E-state index in [1.807, 2.05) is 42.5 Å². The molecule has 0 radical (unpaired) electrons. The molecule has 0 amide bonds. The molecule has 0 N–H and O–H groups in total. The van der Waals surface area contributed by atoms with Crippen molar-refractivity contribution in [1.82, 2.24) is 4.57 Å². The summed E-state index contributed by atoms with van der Waals surface area (Å²) >= 11 is 14.7. The Bertz CT molecular complexity index is 1970. The largest absolute Gasteiger partial charge is 0.493 e. The third kappa shape index (κ3) is 6.37. The number of rotatable bonds is 9. The lowest BCUT2D eigenvalue weighted by molar-refractivity contribution is -0.139. The molecule has 12 heteroatoms. The summed E-state index contributed by atoms with van der Waals surface area (Å²) in [6.07, 6.45) is 1.79. The van der Waals surface area contributed by atoms with Crippen LogP contribution in [0.4, 0.5) is 0 Å². The number of carbonyl (C=O) groups is 1. The maximum Gasteiger partial charge on any atom is 0.338 e. The van der Waals surface area contributed by atoms with Crippen LogP contribution in [-0.2, 0) is 16.1 Å². The maximum absolute atomic E-state index is 14.1. The van der Waals surface area contributed by atoms with Gasteiger partial charge in [0.05, 0.1) is 47.1 Å². The Morgan fingerprint density at radius 1 is 1.05 bits per heavy atom. The number of benzene rings is 3. The van der Waals surface area contributed by atoms with E-state index in [-0.39, 0.29) is 17.7 Å². The van der Waals surface area contributed by atoms with E-state index in [9.17, 15) is 9.59 Å². The first-order valence-electron chi connectivity index (χ1n) is 13.4. The van der Waals surface area contributed by atoms with E-state index in [2.05, 4.69) is 36.9 Å². The molecule has 0 saturated heterocycles. The summed E-state index contributed by atoms with van der Waals surface area (Å²) in [5.74, 6) is 1.04. The zero-order valence-corrected chi connectivity index (χ0v) is 28.9. The summed E-state index contributed by atoms with van der Waals surface area (Å²) in [6, 6.07) is 15.7. The van der Waals surface area contributed by atoms with Crippen molar-refractivity contribution in [1.29, 1.82) is 0 Å². The van der Waals surface area contributed by atoms with Gasteiger partial charge in [-0.2, -0.15) is 0 Å². The molecule has 5 rings (SSSR count). The van der Waals surface area contributed by atoms with Gasteiger partial charge in [-0.05, 0) is 77.3 Å². The molecule has 3 aromatic carbocycles. The smallest absolute Gasteiger partial charge is 0.338 e. The van der Waals surface area contributed by atoms with Gasteiger partial charge in [0.15, 0.2) is 16.3 Å². The van der Waals surface area contributed by atoms with Gasteiger partial charge in [0, 0.05) is 15.1 Å². The summed E-state index contributed by atoms with van der Waals surface area (Å²) in [5, 5.41) is 0.635. The number of halogens is 3. The van der Waals surface area contributed by atoms with Crippen LogP contribution >= 0.6 is 54.8 Å². The van der Waals surface area contributed by atoms with Crippen molar-refractivity contribution in [3.05, 3.63) is 116 Å². The number of hydrogen-bond acceptors (Lipinski definition) is 8. The molecule has 1 aromatic heterocycles. The highest BCUT2D eigenvalue weighted by molar-refractivity contribution is 9.10. The first-order chi connectivity index (χ1) is 21.2. The first-order valence-corrected chi connectivity index (χ1v) is 16.2. The second-order valence-corrected chi connectivity index (χ2v) is 12.7. The number of aromatic nitrogens is 1. The standard InChI is InChI=1S/C32H27Br2ClN2O6S/c1-5-42-31(39)28-17(2)36-32-37(29(28)20-14-25(40-3)26(41-4)15-21(20)33)30(38)27(44-32)13-18-10-11-24(22(34)12-18)43-16-19-8-6-7-9-23(19)35/h6-15,29H,5,16H2,1-4H3/b27-13-/t29-/m0/s1. The number of carbonyl (C=O) groups excluding carboxylic acids is 1. The first kappa shape index (κ1) is 32.0. The Kier molecular flexibility index (Phi) is 9.99. The number of esters is 1. The lowest BCUT2D eigenvalue weighted by Crippen LogP contribution is -2.40. The molecule has 0 spiro atoms. The number of fused-ring (bicyclic) bond motifs is 1. The van der Waals surface area contributed by atoms with Crippen molar-refractivity contribution in [3.8, 4) is 17.2 Å². The van der Waals surface area contributed by atoms with Crippen molar-refractivity contribution < 1.29 is 23.7 Å². The van der Waals surface area contributed by atoms with Crippen LogP contribution in [0.1, 0.15) is 36.6 Å². The van der Waals surface area contributed by atoms with E-state index >= 15 is 0 Å². The zero-order chi connectivity index (χ0) is 31.5. The Morgan fingerprint density at radius 2 is 1.77 bits per heavy atom. The number of ether oxygens (including phenoxy) is 4. The number of thiazole rings is 1. The fraction of sp³-hybridized carbons (Fsp3) is 0.219. The number of methoxy groups -OCH3 is 2. The molecule has 4 aromatic rings. The molecule has 0 unspecified atom stereocenters. The topological polar surface area (TPSA) is 88.4 Å². The van der Waals surface area contributed by atoms with Crippen molar-refractivity contribution in [2.75, 3.05) is 20.8 Å². The van der Waals surface area contributed by atoms with Gasteiger partial charge in [0.25, 0.3) is 5.56 Å². The lowest BCUT2D eigenvalue weighted by atomic mass is 9.95. The van der Waals surface area contributed by atoms with Crippen LogP contribution in [-0.4, -0.2) is 31.4 Å². The summed E-state index contributed by atoms with van der Waals surface area (Å²) < 4.78 is 25.7. The van der Waals surface area contributed by atoms with E-state index in [0.29, 0.717) is 53.9 Å². The second-order valence-electron chi connectivity index (χ2n) is 9.60. The normalized spacial score (nSPS) is 14.6. The minimum Gasteiger partial charge on any atom is -0.493 e. The molecule has 2 heterocycles. The van der Waals surface area contributed by atoms with Crippen molar-refractivity contribution in [3.63, 3.8) is 0 Å². The van der Waals surface area contributed by atoms with Gasteiger partial charge in [0.2, 0.25) is 0 Å². The minimum absolute atomic E-state index is 0.173. The van der Waals surface area contributed by atoms with Gasteiger partial charge in [-0.15, -0.1) is 0 Å². The van der Waals surface area contributed by atoms with Crippen molar-refractivity contribution >= 4 is 66.8 Å². The van der Waals surface area contributed by atoms with E-state index in [4.69, 9.17) is 30.5 Å². The van der Waals surface area contributed by atoms with Gasteiger partial charge in [0.1, 0.15) is 12.4 Å². The van der Waals surface area contributed by atoms with Crippen molar-refractivity contribution in [2.24, 2.45) is 4.99 Å². The molecule has 8 nitrogen and oxygen atoms in total. The fourth-order valence-corrected chi connectivity index (χ4v) is 7.10. The predicted molar refractivity (Wildman–Crippen MR) is 178 cm³/mol. The van der Waals surface area contributed by atoms with E-state index < -0.39 is 12.0 Å². The van der Waals surface area contributed by atoms with Crippen LogP contribution in [0, 0.1) is 0 Å². The molecular weight excluding hydrogens is 736 g/mol. The van der Waals surface area contributed by atoms with Crippen molar-refractivity contribution in [2.45, 2.75) is 26.5 Å². The monoisotopic (exact) mass is 760 g/mol. The van der Waals surface area contributed by atoms with E-state index in [1.54, 1.807) is 32.1 Å². The molecule has 228 valence electrons. The van der Waals surface area contributed by atoms with Crippen LogP contribution in [0.3, 0.4) is 0 Å². The highest BCUT2D eigenvalue weighted by atomic mass is 79.9. The number of hydrogen-bond donors (Lipinski definition) is 0. The molecule has 1 atom stereocenters. The lowest BCUT2D eigenvalue weighted by Gasteiger charge is -2.26. The average molecular weight is 763 g/mol. The average Bonchev–Trinajstić information content (AvgIpc) is 3.30. The van der Waals surface area contributed by atoms with E-state index in [1.165, 1.54) is 30.1 Å². The van der Waals surface area contributed by atoms with Crippen LogP contribution in [0.5, 0.6) is 17.2 Å². The quantitative estimate of drug-likeness (QED) is 0.179. The second kappa shape index (κ2) is 13.7. The summed E-state index contributed by atoms with van der Waals surface area (Å²) in [6.45, 7) is 3.95. The van der Waals surface area contributed by atoms with Gasteiger partial charge >= 0.3 is 5.97 Å². The highest BCUT2D eigenvalue weighted by Crippen LogP contribution is 2.41. The van der Waals surface area contributed by atoms with Gasteiger partial charge in [-0.25, -0.2) is 9.79 Å². The fourth-order valence-electron chi connectivity index (χ4n) is 4.81. The molecule has 0 saturated carbocycles.